The molecule has 0 aliphatic heterocycles. The summed E-state index contributed by atoms with van der Waals surface area (Å²) in [7, 11) is 1.91. The molecule has 1 fully saturated rings. The molecule has 0 saturated heterocycles. The second-order valence-corrected chi connectivity index (χ2v) is 5.98. The number of hydrogen-bond donors (Lipinski definition) is 0. The van der Waals surface area contributed by atoms with Crippen molar-refractivity contribution >= 4 is 11.6 Å². The maximum absolute atomic E-state index is 12.4. The summed E-state index contributed by atoms with van der Waals surface area (Å²) in [6.45, 7) is 4.87. The van der Waals surface area contributed by atoms with E-state index in [-0.39, 0.29) is 11.6 Å². The zero-order chi connectivity index (χ0) is 14.7. The monoisotopic (exact) mass is 277 g/mol. The second kappa shape index (κ2) is 6.20. The predicted molar refractivity (Wildman–Crippen MR) is 79.0 cm³/mol. The molecule has 5 heteroatoms. The first-order valence-corrected chi connectivity index (χ1v) is 7.29. The summed E-state index contributed by atoms with van der Waals surface area (Å²) < 4.78 is 1.72. The van der Waals surface area contributed by atoms with E-state index in [2.05, 4.69) is 18.8 Å². The third-order valence-electron chi connectivity index (χ3n) is 3.85. The molecule has 0 radical (unpaired) electrons. The van der Waals surface area contributed by atoms with Gasteiger partial charge < -0.3 is 9.47 Å². The maximum atomic E-state index is 12.4. The minimum Gasteiger partial charge on any atom is -0.352 e. The zero-order valence-electron chi connectivity index (χ0n) is 12.5. The van der Waals surface area contributed by atoms with Crippen LogP contribution in [0.4, 0.5) is 5.82 Å². The molecule has 0 N–H and O–H groups in total. The Morgan fingerprint density at radius 3 is 2.60 bits per heavy atom. The summed E-state index contributed by atoms with van der Waals surface area (Å²) in [5, 5.41) is 0. The molecule has 1 aliphatic carbocycles. The highest BCUT2D eigenvalue weighted by Gasteiger charge is 2.24. The largest absolute Gasteiger partial charge is 0.352 e. The molecule has 5 nitrogen and oxygen atoms in total. The molecule has 0 unspecified atom stereocenters. The third-order valence-corrected chi connectivity index (χ3v) is 3.85. The lowest BCUT2D eigenvalue weighted by Crippen LogP contribution is -2.40. The van der Waals surface area contributed by atoms with Crippen LogP contribution in [0.5, 0.6) is 0 Å². The fourth-order valence-corrected chi connectivity index (χ4v) is 2.70. The van der Waals surface area contributed by atoms with Crippen LogP contribution in [0.25, 0.3) is 0 Å². The third kappa shape index (κ3) is 3.26. The molecule has 0 aromatic carbocycles. The minimum atomic E-state index is -0.0411. The normalized spacial score (nSPS) is 16.7. The van der Waals surface area contributed by atoms with Gasteiger partial charge in [-0.25, -0.2) is 4.98 Å². The first-order valence-electron chi connectivity index (χ1n) is 7.29. The lowest BCUT2D eigenvalue weighted by Gasteiger charge is -2.31. The van der Waals surface area contributed by atoms with Crippen LogP contribution in [0.15, 0.2) is 17.2 Å². The van der Waals surface area contributed by atoms with Crippen molar-refractivity contribution in [3.63, 3.8) is 0 Å². The molecular weight excluding hydrogens is 254 g/mol. The number of nitrogens with zero attached hydrogens (tertiary/aromatic N) is 3. The van der Waals surface area contributed by atoms with Gasteiger partial charge in [0.15, 0.2) is 5.82 Å². The van der Waals surface area contributed by atoms with Crippen molar-refractivity contribution in [3.8, 4) is 0 Å². The van der Waals surface area contributed by atoms with Crippen LogP contribution in [0.3, 0.4) is 0 Å². The second-order valence-electron chi connectivity index (χ2n) is 5.98. The average molecular weight is 277 g/mol. The molecule has 2 rings (SSSR count). The van der Waals surface area contributed by atoms with Gasteiger partial charge in [0, 0.05) is 44.9 Å². The van der Waals surface area contributed by atoms with Crippen LogP contribution in [-0.4, -0.2) is 28.4 Å². The number of rotatable bonds is 4. The van der Waals surface area contributed by atoms with Crippen LogP contribution in [0, 0.1) is 5.92 Å². The van der Waals surface area contributed by atoms with Crippen molar-refractivity contribution in [2.75, 3.05) is 11.9 Å². The standard InChI is InChI=1S/C15H23N3O2/c1-11(2)10-18-9-8-16-14(15(18)20)17(3)12-4-6-13(19)7-5-12/h8-9,11-12H,4-7,10H2,1-3H3. The van der Waals surface area contributed by atoms with E-state index in [1.54, 1.807) is 17.0 Å². The van der Waals surface area contributed by atoms with Crippen LogP contribution in [-0.2, 0) is 11.3 Å². The van der Waals surface area contributed by atoms with E-state index in [9.17, 15) is 9.59 Å². The fraction of sp³-hybridized carbons (Fsp3) is 0.667. The predicted octanol–water partition coefficient (Wildman–Crippen LogP) is 1.85. The number of hydrogen-bond acceptors (Lipinski definition) is 4. The quantitative estimate of drug-likeness (QED) is 0.843. The molecule has 20 heavy (non-hydrogen) atoms. The Hall–Kier alpha value is -1.65. The van der Waals surface area contributed by atoms with Crippen molar-refractivity contribution in [2.24, 2.45) is 5.92 Å². The van der Waals surface area contributed by atoms with Gasteiger partial charge in [-0.15, -0.1) is 0 Å². The van der Waals surface area contributed by atoms with E-state index in [1.165, 1.54) is 0 Å². The number of ketones is 1. The summed E-state index contributed by atoms with van der Waals surface area (Å²) in [5.74, 6) is 1.24. The smallest absolute Gasteiger partial charge is 0.293 e. The molecule has 0 atom stereocenters. The molecule has 0 amide bonds. The van der Waals surface area contributed by atoms with Crippen molar-refractivity contribution in [3.05, 3.63) is 22.7 Å². The van der Waals surface area contributed by atoms with Crippen molar-refractivity contribution in [2.45, 2.75) is 52.1 Å². The molecule has 0 spiro atoms. The molecular formula is C15H23N3O2. The van der Waals surface area contributed by atoms with Gasteiger partial charge in [0.2, 0.25) is 0 Å². The summed E-state index contributed by atoms with van der Waals surface area (Å²) in [5.41, 5.74) is -0.0411. The molecule has 1 aromatic heterocycles. The zero-order valence-corrected chi connectivity index (χ0v) is 12.5. The summed E-state index contributed by atoms with van der Waals surface area (Å²) in [6, 6.07) is 0.239. The number of Topliss-reactive ketones (excluding diaryl/α,β-unsaturated/α-hetero) is 1. The Morgan fingerprint density at radius 2 is 2.00 bits per heavy atom. The van der Waals surface area contributed by atoms with Crippen molar-refractivity contribution in [1.82, 2.24) is 9.55 Å². The van der Waals surface area contributed by atoms with Gasteiger partial charge in [-0.2, -0.15) is 0 Å². The molecule has 0 bridgehead atoms. The van der Waals surface area contributed by atoms with E-state index < -0.39 is 0 Å². The lowest BCUT2D eigenvalue weighted by molar-refractivity contribution is -0.120. The average Bonchev–Trinajstić information content (AvgIpc) is 2.41. The highest BCUT2D eigenvalue weighted by molar-refractivity contribution is 5.79. The van der Waals surface area contributed by atoms with Gasteiger partial charge in [-0.3, -0.25) is 9.59 Å². The molecule has 1 aliphatic rings. The Labute approximate surface area is 119 Å². The van der Waals surface area contributed by atoms with Crippen molar-refractivity contribution < 1.29 is 4.79 Å². The number of anilines is 1. The van der Waals surface area contributed by atoms with Crippen molar-refractivity contribution in [1.29, 1.82) is 0 Å². The number of carbonyl (C=O) groups excluding carboxylic acids is 1. The van der Waals surface area contributed by atoms with E-state index in [4.69, 9.17) is 0 Å². The maximum Gasteiger partial charge on any atom is 0.293 e. The molecule has 1 aromatic rings. The summed E-state index contributed by atoms with van der Waals surface area (Å²) in [6.07, 6.45) is 6.28. The molecule has 1 saturated carbocycles. The Morgan fingerprint density at radius 1 is 1.35 bits per heavy atom. The van der Waals surface area contributed by atoms with Crippen LogP contribution >= 0.6 is 0 Å². The van der Waals surface area contributed by atoms with Gasteiger partial charge in [0.1, 0.15) is 5.78 Å². The van der Waals surface area contributed by atoms with E-state index in [0.29, 0.717) is 36.9 Å². The lowest BCUT2D eigenvalue weighted by atomic mass is 9.93. The van der Waals surface area contributed by atoms with Gasteiger partial charge in [-0.05, 0) is 18.8 Å². The Bertz CT molecular complexity index is 526. The van der Waals surface area contributed by atoms with Gasteiger partial charge in [-0.1, -0.05) is 13.8 Å². The molecule has 110 valence electrons. The van der Waals surface area contributed by atoms with Gasteiger partial charge >= 0.3 is 0 Å². The first kappa shape index (κ1) is 14.8. The topological polar surface area (TPSA) is 55.2 Å². The Kier molecular flexibility index (Phi) is 4.57. The molecule has 1 heterocycles. The minimum absolute atomic E-state index is 0.0411. The van der Waals surface area contributed by atoms with Gasteiger partial charge in [0.25, 0.3) is 5.56 Å². The van der Waals surface area contributed by atoms with E-state index in [0.717, 1.165) is 12.8 Å². The van der Waals surface area contributed by atoms with Crippen LogP contribution < -0.4 is 10.5 Å². The fourth-order valence-electron chi connectivity index (χ4n) is 2.70. The number of carbonyl (C=O) groups is 1. The van der Waals surface area contributed by atoms with E-state index in [1.807, 2.05) is 11.9 Å². The van der Waals surface area contributed by atoms with E-state index >= 15 is 0 Å². The summed E-state index contributed by atoms with van der Waals surface area (Å²) in [4.78, 5) is 30.0. The summed E-state index contributed by atoms with van der Waals surface area (Å²) >= 11 is 0. The Balaban J connectivity index is 2.19. The highest BCUT2D eigenvalue weighted by atomic mass is 16.1. The number of aromatic nitrogens is 2. The van der Waals surface area contributed by atoms with Gasteiger partial charge in [0.05, 0.1) is 0 Å². The SMILES string of the molecule is CC(C)Cn1ccnc(N(C)C2CCC(=O)CC2)c1=O. The first-order chi connectivity index (χ1) is 9.49. The van der Waals surface area contributed by atoms with Crippen LogP contribution in [0.2, 0.25) is 0 Å². The highest BCUT2D eigenvalue weighted by Crippen LogP contribution is 2.21. The van der Waals surface area contributed by atoms with Crippen LogP contribution in [0.1, 0.15) is 39.5 Å².